The number of carbonyl (C=O) groups excluding carboxylic acids is 1. The van der Waals surface area contributed by atoms with Gasteiger partial charge in [-0.25, -0.2) is 18.3 Å². The Labute approximate surface area is 253 Å². The molecule has 2 aromatic carbocycles. The number of H-pyrrole nitrogens is 1. The molecule has 1 fully saturated rings. The minimum absolute atomic E-state index is 0.00428. The van der Waals surface area contributed by atoms with Gasteiger partial charge in [-0.15, -0.1) is 0 Å². The summed E-state index contributed by atoms with van der Waals surface area (Å²) in [4.78, 5) is 34.8. The van der Waals surface area contributed by atoms with Crippen molar-refractivity contribution in [3.8, 4) is 5.75 Å². The molecule has 1 saturated heterocycles. The number of aromatic amines is 1. The zero-order valence-corrected chi connectivity index (χ0v) is 25.1. The van der Waals surface area contributed by atoms with Gasteiger partial charge in [-0.1, -0.05) is 30.3 Å². The van der Waals surface area contributed by atoms with Crippen molar-refractivity contribution >= 4 is 41.6 Å². The van der Waals surface area contributed by atoms with Gasteiger partial charge in [0.25, 0.3) is 12.0 Å². The van der Waals surface area contributed by atoms with Crippen LogP contribution in [0.25, 0.3) is 21.9 Å². The van der Waals surface area contributed by atoms with Crippen LogP contribution in [-0.4, -0.2) is 78.7 Å². The van der Waals surface area contributed by atoms with Crippen LogP contribution in [0.15, 0.2) is 53.6 Å². The fourth-order valence-corrected chi connectivity index (χ4v) is 6.31. The summed E-state index contributed by atoms with van der Waals surface area (Å²) >= 11 is 0. The number of alkyl halides is 2. The number of aromatic nitrogens is 4. The number of fused-ring (bicyclic) bond motifs is 2. The molecule has 2 aromatic heterocycles. The fourth-order valence-electron chi connectivity index (χ4n) is 4.79. The molecule has 1 aliphatic rings. The van der Waals surface area contributed by atoms with Crippen molar-refractivity contribution in [3.05, 3.63) is 59.1 Å². The average molecular weight is 653 g/mol. The Balaban J connectivity index is 1.46. The van der Waals surface area contributed by atoms with Crippen molar-refractivity contribution < 1.29 is 46.9 Å². The van der Waals surface area contributed by atoms with Gasteiger partial charge in [0.1, 0.15) is 24.0 Å². The second-order valence-electron chi connectivity index (χ2n) is 10.7. The van der Waals surface area contributed by atoms with Crippen LogP contribution in [-0.2, 0) is 23.4 Å². The summed E-state index contributed by atoms with van der Waals surface area (Å²) < 4.78 is 66.4. The van der Waals surface area contributed by atoms with E-state index >= 15 is 0 Å². The molecule has 242 valence electrons. The lowest BCUT2D eigenvalue weighted by Crippen LogP contribution is -2.53. The van der Waals surface area contributed by atoms with Crippen LogP contribution in [0.1, 0.15) is 27.0 Å². The first kappa shape index (κ1) is 32.4. The molecule has 6 atom stereocenters. The molecule has 5 rings (SSSR count). The monoisotopic (exact) mass is 652 g/mol. The molecule has 0 radical (unpaired) electrons. The lowest BCUT2D eigenvalue weighted by Gasteiger charge is -2.32. The normalized spacial score (nSPS) is 23.9. The summed E-state index contributed by atoms with van der Waals surface area (Å²) in [5.74, 6) is -1.15. The van der Waals surface area contributed by atoms with E-state index in [2.05, 4.69) is 20.0 Å². The SMILES string of the molecule is CC(C)OC(=O)[C@H](C)NP(=O)(OC[C@@]1(C(F)F)O[C@@H](n2cnc3c(=O)[nH]c(N)nc32)[C@H](O)[C@H]1O)Oc1ccc2ccccc2c1. The lowest BCUT2D eigenvalue weighted by atomic mass is 9.96. The first-order valence-corrected chi connectivity index (χ1v) is 15.2. The van der Waals surface area contributed by atoms with Crippen LogP contribution in [0.2, 0.25) is 0 Å². The van der Waals surface area contributed by atoms with E-state index in [-0.39, 0.29) is 22.9 Å². The topological polar surface area (TPSA) is 213 Å². The second kappa shape index (κ2) is 12.4. The third kappa shape index (κ3) is 6.40. The van der Waals surface area contributed by atoms with Gasteiger partial charge in [0.2, 0.25) is 5.95 Å². The smallest absolute Gasteiger partial charge is 0.459 e. The van der Waals surface area contributed by atoms with E-state index < -0.39 is 68.5 Å². The highest BCUT2D eigenvalue weighted by atomic mass is 31.2. The summed E-state index contributed by atoms with van der Waals surface area (Å²) in [7, 11) is -4.74. The molecule has 6 N–H and O–H groups in total. The lowest BCUT2D eigenvalue weighted by molar-refractivity contribution is -0.191. The Bertz CT molecular complexity index is 1820. The first-order chi connectivity index (χ1) is 21.2. The molecule has 4 aromatic rings. The van der Waals surface area contributed by atoms with E-state index in [0.717, 1.165) is 16.3 Å². The third-order valence-corrected chi connectivity index (χ3v) is 8.64. The van der Waals surface area contributed by atoms with Gasteiger partial charge in [0.05, 0.1) is 19.0 Å². The number of ether oxygens (including phenoxy) is 2. The number of nitrogen functional groups attached to an aromatic ring is 1. The molecule has 45 heavy (non-hydrogen) atoms. The number of hydrogen-bond acceptors (Lipinski definition) is 12. The largest absolute Gasteiger partial charge is 0.462 e. The summed E-state index contributed by atoms with van der Waals surface area (Å²) in [6.07, 6.45) is -9.17. The molecule has 0 amide bonds. The van der Waals surface area contributed by atoms with Crippen LogP contribution in [0, 0.1) is 0 Å². The number of nitrogens with zero attached hydrogens (tertiary/aromatic N) is 3. The van der Waals surface area contributed by atoms with Crippen molar-refractivity contribution in [2.45, 2.75) is 63.4 Å². The Morgan fingerprint density at radius 3 is 2.62 bits per heavy atom. The number of nitrogens with one attached hydrogen (secondary N) is 2. The van der Waals surface area contributed by atoms with Gasteiger partial charge in [0.15, 0.2) is 23.0 Å². The van der Waals surface area contributed by atoms with Crippen molar-refractivity contribution in [3.63, 3.8) is 0 Å². The average Bonchev–Trinajstić information content (AvgIpc) is 3.50. The van der Waals surface area contributed by atoms with Crippen LogP contribution in [0.4, 0.5) is 14.7 Å². The molecular formula is C27H31F2N6O9P. The zero-order chi connectivity index (χ0) is 32.7. The standard InChI is InChI=1S/C27H31F2N6O9P/c1-13(2)42-24(39)14(3)34-45(40,44-17-9-8-15-6-4-5-7-16(15)10-17)41-11-27(25(28)29)20(37)19(36)23(43-27)35-12-31-18-21(35)32-26(30)33-22(18)38/h4-10,12-14,19-20,23,25,36-37H,11H2,1-3H3,(H,34,40)(H3,30,32,33,38)/t14-,19+,20+,23+,27+,45?/m0/s1. The van der Waals surface area contributed by atoms with Crippen LogP contribution in [0.3, 0.4) is 0 Å². The summed E-state index contributed by atoms with van der Waals surface area (Å²) in [6, 6.07) is 10.5. The van der Waals surface area contributed by atoms with Gasteiger partial charge in [0, 0.05) is 0 Å². The van der Waals surface area contributed by atoms with Crippen molar-refractivity contribution in [2.75, 3.05) is 12.3 Å². The quantitative estimate of drug-likeness (QED) is 0.116. The van der Waals surface area contributed by atoms with Crippen molar-refractivity contribution in [1.29, 1.82) is 0 Å². The van der Waals surface area contributed by atoms with Crippen LogP contribution in [0.5, 0.6) is 5.75 Å². The molecular weight excluding hydrogens is 621 g/mol. The highest BCUT2D eigenvalue weighted by Crippen LogP contribution is 2.49. The Morgan fingerprint density at radius 1 is 1.22 bits per heavy atom. The van der Waals surface area contributed by atoms with Crippen molar-refractivity contribution in [1.82, 2.24) is 24.6 Å². The van der Waals surface area contributed by atoms with Gasteiger partial charge < -0.3 is 29.9 Å². The number of carbonyl (C=O) groups is 1. The van der Waals surface area contributed by atoms with Gasteiger partial charge in [-0.2, -0.15) is 10.1 Å². The predicted molar refractivity (Wildman–Crippen MR) is 155 cm³/mol. The van der Waals surface area contributed by atoms with E-state index in [9.17, 15) is 33.1 Å². The van der Waals surface area contributed by atoms with Crippen LogP contribution >= 0.6 is 7.75 Å². The Kier molecular flexibility index (Phi) is 8.95. The Hall–Kier alpha value is -3.99. The number of anilines is 1. The number of imidazole rings is 1. The number of nitrogens with two attached hydrogens (primary N) is 1. The number of aliphatic hydroxyl groups excluding tert-OH is 2. The van der Waals surface area contributed by atoms with E-state index in [4.69, 9.17) is 24.3 Å². The summed E-state index contributed by atoms with van der Waals surface area (Å²) in [5.41, 5.74) is 1.42. The minimum atomic E-state index is -4.74. The van der Waals surface area contributed by atoms with Crippen LogP contribution < -0.4 is 20.9 Å². The number of rotatable bonds is 11. The van der Waals surface area contributed by atoms with Gasteiger partial charge in [-0.05, 0) is 43.7 Å². The highest BCUT2D eigenvalue weighted by molar-refractivity contribution is 7.52. The molecule has 0 bridgehead atoms. The number of esters is 1. The maximum absolute atomic E-state index is 14.8. The number of benzene rings is 2. The maximum atomic E-state index is 14.8. The van der Waals surface area contributed by atoms with Gasteiger partial charge >= 0.3 is 13.7 Å². The fraction of sp³-hybridized carbons (Fsp3) is 0.407. The molecule has 1 unspecified atom stereocenters. The van der Waals surface area contributed by atoms with Crippen molar-refractivity contribution in [2.24, 2.45) is 0 Å². The molecule has 1 aliphatic heterocycles. The summed E-state index contributed by atoms with van der Waals surface area (Å²) in [6.45, 7) is 3.20. The van der Waals surface area contributed by atoms with E-state index in [1.54, 1.807) is 32.0 Å². The van der Waals surface area contributed by atoms with E-state index in [0.29, 0.717) is 5.39 Å². The third-order valence-electron chi connectivity index (χ3n) is 7.01. The number of aliphatic hydroxyl groups is 2. The highest BCUT2D eigenvalue weighted by Gasteiger charge is 2.61. The molecule has 3 heterocycles. The van der Waals surface area contributed by atoms with E-state index in [1.165, 1.54) is 19.1 Å². The molecule has 15 nitrogen and oxygen atoms in total. The predicted octanol–water partition coefficient (Wildman–Crippen LogP) is 2.24. The maximum Gasteiger partial charge on any atom is 0.459 e. The minimum Gasteiger partial charge on any atom is -0.462 e. The number of hydrogen-bond donors (Lipinski definition) is 5. The zero-order valence-electron chi connectivity index (χ0n) is 24.2. The molecule has 0 aliphatic carbocycles. The van der Waals surface area contributed by atoms with Gasteiger partial charge in [-0.3, -0.25) is 23.7 Å². The molecule has 0 spiro atoms. The second-order valence-corrected chi connectivity index (χ2v) is 12.4. The Morgan fingerprint density at radius 2 is 1.93 bits per heavy atom. The van der Waals surface area contributed by atoms with E-state index in [1.807, 2.05) is 12.1 Å². The molecule has 18 heteroatoms. The summed E-state index contributed by atoms with van der Waals surface area (Å²) in [5, 5.41) is 25.7. The molecule has 0 saturated carbocycles. The number of halogens is 2. The first-order valence-electron chi connectivity index (χ1n) is 13.7.